The van der Waals surface area contributed by atoms with Crippen molar-refractivity contribution in [1.29, 1.82) is 0 Å². The van der Waals surface area contributed by atoms with Crippen LogP contribution in [0.2, 0.25) is 0 Å². The summed E-state index contributed by atoms with van der Waals surface area (Å²) in [7, 11) is 0. The van der Waals surface area contributed by atoms with E-state index in [1.54, 1.807) is 0 Å². The summed E-state index contributed by atoms with van der Waals surface area (Å²) in [6, 6.07) is 44.5. The van der Waals surface area contributed by atoms with Crippen molar-refractivity contribution < 1.29 is 132 Å². The van der Waals surface area contributed by atoms with E-state index >= 15 is 0 Å². The van der Waals surface area contributed by atoms with Crippen LogP contribution in [0.25, 0.3) is 65.3 Å². The molecule has 0 unspecified atom stereocenters. The Morgan fingerprint density at radius 2 is 0.696 bits per heavy atom. The molecule has 0 bridgehead atoms. The van der Waals surface area contributed by atoms with Gasteiger partial charge in [0.25, 0.3) is 0 Å². The minimum absolute atomic E-state index is 0. The topological polar surface area (TPSA) is 0 Å². The first kappa shape index (κ1) is 49.1. The van der Waals surface area contributed by atoms with E-state index in [-0.39, 0.29) is 132 Å². The van der Waals surface area contributed by atoms with E-state index in [2.05, 4.69) is 177 Å². The Labute approximate surface area is 438 Å². The van der Waals surface area contributed by atoms with Crippen LogP contribution < -0.4 is 0 Å². The summed E-state index contributed by atoms with van der Waals surface area (Å²) in [6.45, 7) is 25.4. The Bertz CT molecular complexity index is 2430. The van der Waals surface area contributed by atoms with E-state index in [4.69, 9.17) is 0 Å². The third-order valence-electron chi connectivity index (χ3n) is 10.6. The standard InChI is InChI=1S/C28H30.C24H18.4Y.H2/c1-5-19-9-15-25-23(17-19)13-11-21(7-3)27(25)28-22(8-4)12-14-24-18-20(6-2)10-16-26(24)28;1-15-5-7-21-19(9-15)11-17(3)13-23(21)24-14-18(4)12-20-10-16(2)6-8-22(20)24;;;;;/h9-18H,5-8H2,1-4H3;5-14H,1-4H2;;;;;1H/q;-4;;;;;/i;;;;;;1+2. The molecule has 0 fully saturated rings. The number of hydrogen-bond acceptors (Lipinski definition) is 0. The van der Waals surface area contributed by atoms with Crippen molar-refractivity contribution in [2.45, 2.75) is 53.4 Å². The number of rotatable bonds is 6. The zero-order valence-electron chi connectivity index (χ0n) is 33.5. The van der Waals surface area contributed by atoms with Crippen molar-refractivity contribution in [2.75, 3.05) is 0 Å². The molecule has 0 nitrogen and oxygen atoms in total. The molecule has 8 aromatic rings. The summed E-state index contributed by atoms with van der Waals surface area (Å²) in [5.41, 5.74) is 15.0. The first-order valence-electron chi connectivity index (χ1n) is 18.7. The predicted molar refractivity (Wildman–Crippen MR) is 231 cm³/mol. The van der Waals surface area contributed by atoms with Gasteiger partial charge in [-0.2, -0.15) is 98.5 Å². The molecule has 4 radical (unpaired) electrons. The van der Waals surface area contributed by atoms with Crippen LogP contribution in [0, 0.1) is 27.7 Å². The molecule has 0 amide bonds. The molecule has 56 heavy (non-hydrogen) atoms. The SMILES string of the molecule is CCc1ccc2c(-c3c(CC)ccc4cc(CC)ccc34)c(CC)ccc2c1.[3HH].[CH2-]c1ccc2c(-c3cc([CH2-])cc4cc([CH2-])ccc34)cc([CH2-])cc2c1.[Y].[Y].[Y].[Y]. The molecule has 0 aromatic heterocycles. The van der Waals surface area contributed by atoms with Gasteiger partial charge in [-0.05, 0) is 80.6 Å². The molecule has 274 valence electrons. The zero-order chi connectivity index (χ0) is 36.5. The van der Waals surface area contributed by atoms with Gasteiger partial charge in [0.15, 0.2) is 0 Å². The molecule has 0 N–H and O–H groups in total. The van der Waals surface area contributed by atoms with Crippen LogP contribution in [0.3, 0.4) is 0 Å². The van der Waals surface area contributed by atoms with Crippen molar-refractivity contribution in [3.63, 3.8) is 0 Å². The fraction of sp³-hybridized carbons (Fsp3) is 0.154. The third-order valence-corrected chi connectivity index (χ3v) is 10.6. The molecule has 0 aliphatic carbocycles. The average Bonchev–Trinajstić information content (AvgIpc) is 3.15. The average molecular weight is 1030 g/mol. The summed E-state index contributed by atoms with van der Waals surface area (Å²) < 4.78 is 0. The maximum absolute atomic E-state index is 4.16. The van der Waals surface area contributed by atoms with Gasteiger partial charge in [-0.3, -0.25) is 0 Å². The third kappa shape index (κ3) is 10.3. The van der Waals surface area contributed by atoms with E-state index in [1.165, 1.54) is 87.6 Å². The van der Waals surface area contributed by atoms with Crippen molar-refractivity contribution in [2.24, 2.45) is 0 Å². The van der Waals surface area contributed by atoms with E-state index in [0.29, 0.717) is 0 Å². The zero-order valence-corrected chi connectivity index (χ0v) is 44.9. The summed E-state index contributed by atoms with van der Waals surface area (Å²) in [6.07, 6.45) is 4.25. The molecule has 0 saturated heterocycles. The van der Waals surface area contributed by atoms with Crippen LogP contribution in [0.15, 0.2) is 121 Å². The van der Waals surface area contributed by atoms with Gasteiger partial charge in [-0.1, -0.05) is 110 Å². The first-order chi connectivity index (χ1) is 25.2. The molecule has 0 heterocycles. The molecule has 0 aliphatic heterocycles. The van der Waals surface area contributed by atoms with Crippen LogP contribution in [-0.2, 0) is 157 Å². The van der Waals surface area contributed by atoms with Gasteiger partial charge in [0.1, 0.15) is 0 Å². The first-order valence-corrected chi connectivity index (χ1v) is 18.7. The van der Waals surface area contributed by atoms with E-state index in [9.17, 15) is 0 Å². The van der Waals surface area contributed by atoms with E-state index < -0.39 is 0 Å². The molecular weight excluding hydrogens is 980 g/mol. The Hall–Kier alpha value is -1.30. The molecular formula is C52H50Y4-4. The largest absolute Gasteiger partial charge is 0.199 e. The number of aryl methyl sites for hydroxylation is 4. The second kappa shape index (κ2) is 21.8. The Balaban J connectivity index is 0.000000365. The van der Waals surface area contributed by atoms with Crippen LogP contribution in [-0.4, -0.2) is 0 Å². The quantitative estimate of drug-likeness (QED) is 0.146. The van der Waals surface area contributed by atoms with Gasteiger partial charge < -0.3 is 0 Å². The molecule has 0 atom stereocenters. The molecule has 0 spiro atoms. The maximum atomic E-state index is 4.16. The van der Waals surface area contributed by atoms with Crippen molar-refractivity contribution in [3.05, 3.63) is 194 Å². The Kier molecular flexibility index (Phi) is 19.1. The van der Waals surface area contributed by atoms with Gasteiger partial charge >= 0.3 is 0 Å². The van der Waals surface area contributed by atoms with E-state index in [1.807, 2.05) is 0 Å². The van der Waals surface area contributed by atoms with Crippen LogP contribution in [0.4, 0.5) is 0 Å². The number of benzene rings is 8. The van der Waals surface area contributed by atoms with Crippen molar-refractivity contribution in [3.8, 4) is 22.3 Å². The van der Waals surface area contributed by atoms with Crippen LogP contribution in [0.1, 0.15) is 73.6 Å². The second-order valence-electron chi connectivity index (χ2n) is 14.1. The molecule has 8 rings (SSSR count). The number of hydrogen-bond donors (Lipinski definition) is 0. The molecule has 0 saturated carbocycles. The van der Waals surface area contributed by atoms with E-state index in [0.717, 1.165) is 47.9 Å². The number of fused-ring (bicyclic) bond motifs is 4. The molecule has 8 aromatic carbocycles. The Morgan fingerprint density at radius 1 is 0.339 bits per heavy atom. The summed E-state index contributed by atoms with van der Waals surface area (Å²) in [5.74, 6) is 0. The Morgan fingerprint density at radius 3 is 1.05 bits per heavy atom. The summed E-state index contributed by atoms with van der Waals surface area (Å²) in [5, 5.41) is 10.2. The fourth-order valence-corrected chi connectivity index (χ4v) is 7.88. The van der Waals surface area contributed by atoms with Crippen LogP contribution >= 0.6 is 0 Å². The van der Waals surface area contributed by atoms with Gasteiger partial charge in [-0.25, -0.2) is 0 Å². The summed E-state index contributed by atoms with van der Waals surface area (Å²) >= 11 is 0. The maximum Gasteiger partial charge on any atom is 0 e. The van der Waals surface area contributed by atoms with Gasteiger partial charge in [-0.15, -0.1) is 22.9 Å². The van der Waals surface area contributed by atoms with Crippen LogP contribution in [0.5, 0.6) is 0 Å². The monoisotopic (exact) mass is 1030 g/mol. The molecule has 0 aliphatic rings. The minimum Gasteiger partial charge on any atom is -0.199 e. The van der Waals surface area contributed by atoms with Crippen molar-refractivity contribution >= 4 is 43.1 Å². The summed E-state index contributed by atoms with van der Waals surface area (Å²) in [4.78, 5) is 0. The smallest absolute Gasteiger partial charge is 0 e. The molecule has 4 heteroatoms. The predicted octanol–water partition coefficient (Wildman–Crippen LogP) is 14.5. The minimum atomic E-state index is 0. The second-order valence-corrected chi connectivity index (χ2v) is 14.1. The van der Waals surface area contributed by atoms with Gasteiger partial charge in [0, 0.05) is 132 Å². The fourth-order valence-electron chi connectivity index (χ4n) is 7.88. The normalized spacial score (nSPS) is 10.5. The van der Waals surface area contributed by atoms with Crippen molar-refractivity contribution in [1.82, 2.24) is 0 Å². The van der Waals surface area contributed by atoms with Gasteiger partial charge in [0.05, 0.1) is 0 Å². The van der Waals surface area contributed by atoms with Gasteiger partial charge in [0.2, 0.25) is 0 Å².